The highest BCUT2D eigenvalue weighted by molar-refractivity contribution is 5.82. The number of carbonyl (C=O) groups excluding carboxylic acids is 1. The summed E-state index contributed by atoms with van der Waals surface area (Å²) in [5.41, 5.74) is 3.32. The summed E-state index contributed by atoms with van der Waals surface area (Å²) in [5, 5.41) is 3.95. The van der Waals surface area contributed by atoms with Gasteiger partial charge in [0, 0.05) is 0 Å². The van der Waals surface area contributed by atoms with Gasteiger partial charge in [-0.1, -0.05) is 18.2 Å². The Balaban J connectivity index is 1.49. The summed E-state index contributed by atoms with van der Waals surface area (Å²) in [7, 11) is 0. The van der Waals surface area contributed by atoms with Crippen molar-refractivity contribution in [2.75, 3.05) is 13.2 Å². The molecule has 6 nitrogen and oxygen atoms in total. The van der Waals surface area contributed by atoms with Gasteiger partial charge in [-0.25, -0.2) is 5.43 Å². The van der Waals surface area contributed by atoms with Crippen LogP contribution in [0.25, 0.3) is 0 Å². The van der Waals surface area contributed by atoms with Gasteiger partial charge in [0.25, 0.3) is 0 Å². The van der Waals surface area contributed by atoms with Crippen LogP contribution in [0.15, 0.2) is 59.7 Å². The van der Waals surface area contributed by atoms with Crippen LogP contribution in [0.3, 0.4) is 0 Å². The van der Waals surface area contributed by atoms with Crippen molar-refractivity contribution in [3.63, 3.8) is 0 Å². The molecule has 2 aromatic rings. The van der Waals surface area contributed by atoms with Gasteiger partial charge < -0.3 is 14.2 Å². The molecule has 130 valence electrons. The molecule has 0 radical (unpaired) electrons. The number of hydrogen-bond acceptors (Lipinski definition) is 5. The molecule has 3 rings (SSSR count). The van der Waals surface area contributed by atoms with E-state index in [1.54, 1.807) is 13.1 Å². The normalized spacial score (nSPS) is 16.0. The fraction of sp³-hybridized carbons (Fsp3) is 0.263. The highest BCUT2D eigenvalue weighted by Gasteiger charge is 2.33. The molecule has 2 aromatic carbocycles. The Labute approximate surface area is 146 Å². The van der Waals surface area contributed by atoms with Gasteiger partial charge in [0.1, 0.15) is 11.5 Å². The Kier molecular flexibility index (Phi) is 5.42. The largest absolute Gasteiger partial charge is 0.457 e. The van der Waals surface area contributed by atoms with Crippen LogP contribution in [0.1, 0.15) is 18.9 Å². The van der Waals surface area contributed by atoms with Crippen molar-refractivity contribution in [1.29, 1.82) is 0 Å². The molecule has 0 aromatic heterocycles. The van der Waals surface area contributed by atoms with E-state index in [2.05, 4.69) is 10.5 Å². The molecular weight excluding hydrogens is 320 g/mol. The molecule has 0 aliphatic carbocycles. The lowest BCUT2D eigenvalue weighted by Crippen LogP contribution is -2.33. The number of para-hydroxylation sites is 1. The van der Waals surface area contributed by atoms with Crippen molar-refractivity contribution in [2.24, 2.45) is 5.10 Å². The number of ether oxygens (including phenoxy) is 3. The lowest BCUT2D eigenvalue weighted by Gasteiger charge is -2.20. The third kappa shape index (κ3) is 5.14. The smallest absolute Gasteiger partial charge is 0.245 e. The van der Waals surface area contributed by atoms with Gasteiger partial charge in [-0.3, -0.25) is 4.79 Å². The Bertz CT molecular complexity index is 723. The number of benzene rings is 2. The maximum absolute atomic E-state index is 11.8. The average Bonchev–Trinajstić information content (AvgIpc) is 3.03. The number of hydrogen-bond donors (Lipinski definition) is 1. The SMILES string of the molecule is CC1(CC(=O)N/N=C\c2ccc(Oc3ccccc3)cc2)OCCO1. The second kappa shape index (κ2) is 7.92. The zero-order chi connectivity index (χ0) is 17.5. The van der Waals surface area contributed by atoms with E-state index in [4.69, 9.17) is 14.2 Å². The Morgan fingerprint density at radius 1 is 1.12 bits per heavy atom. The lowest BCUT2D eigenvalue weighted by molar-refractivity contribution is -0.159. The lowest BCUT2D eigenvalue weighted by atomic mass is 10.2. The molecular formula is C19H20N2O4. The van der Waals surface area contributed by atoms with E-state index in [1.807, 2.05) is 54.6 Å². The highest BCUT2D eigenvalue weighted by atomic mass is 16.7. The van der Waals surface area contributed by atoms with E-state index in [1.165, 1.54) is 0 Å². The van der Waals surface area contributed by atoms with Gasteiger partial charge in [0.05, 0.1) is 25.8 Å². The molecule has 6 heteroatoms. The monoisotopic (exact) mass is 340 g/mol. The van der Waals surface area contributed by atoms with Gasteiger partial charge in [-0.05, 0) is 48.9 Å². The Morgan fingerprint density at radius 3 is 2.44 bits per heavy atom. The van der Waals surface area contributed by atoms with Crippen molar-refractivity contribution >= 4 is 12.1 Å². The van der Waals surface area contributed by atoms with E-state index < -0.39 is 5.79 Å². The molecule has 0 bridgehead atoms. The van der Waals surface area contributed by atoms with E-state index in [-0.39, 0.29) is 12.3 Å². The predicted octanol–water partition coefficient (Wildman–Crippen LogP) is 3.08. The van der Waals surface area contributed by atoms with Crippen LogP contribution in [0, 0.1) is 0 Å². The quantitative estimate of drug-likeness (QED) is 0.648. The van der Waals surface area contributed by atoms with Crippen LogP contribution in [0.4, 0.5) is 0 Å². The number of nitrogens with zero attached hydrogens (tertiary/aromatic N) is 1. The second-order valence-electron chi connectivity index (χ2n) is 5.78. The molecule has 1 amide bonds. The number of carbonyl (C=O) groups is 1. The summed E-state index contributed by atoms with van der Waals surface area (Å²) in [5.74, 6) is 0.400. The minimum absolute atomic E-state index is 0.105. The summed E-state index contributed by atoms with van der Waals surface area (Å²) < 4.78 is 16.5. The van der Waals surface area contributed by atoms with Crippen molar-refractivity contribution < 1.29 is 19.0 Å². The van der Waals surface area contributed by atoms with E-state index in [0.717, 1.165) is 17.1 Å². The third-order valence-corrected chi connectivity index (χ3v) is 3.64. The summed E-state index contributed by atoms with van der Waals surface area (Å²) in [4.78, 5) is 11.8. The first kappa shape index (κ1) is 17.1. The fourth-order valence-corrected chi connectivity index (χ4v) is 2.42. The molecule has 1 heterocycles. The second-order valence-corrected chi connectivity index (χ2v) is 5.78. The van der Waals surface area contributed by atoms with Crippen molar-refractivity contribution in [1.82, 2.24) is 5.43 Å². The van der Waals surface area contributed by atoms with Crippen LogP contribution >= 0.6 is 0 Å². The van der Waals surface area contributed by atoms with Crippen LogP contribution in [0.5, 0.6) is 11.5 Å². The Morgan fingerprint density at radius 2 is 1.76 bits per heavy atom. The van der Waals surface area contributed by atoms with Crippen molar-refractivity contribution in [3.05, 3.63) is 60.2 Å². The zero-order valence-corrected chi connectivity index (χ0v) is 14.0. The summed E-state index contributed by atoms with van der Waals surface area (Å²) >= 11 is 0. The van der Waals surface area contributed by atoms with E-state index in [0.29, 0.717) is 13.2 Å². The van der Waals surface area contributed by atoms with Crippen molar-refractivity contribution in [3.8, 4) is 11.5 Å². The van der Waals surface area contributed by atoms with Crippen LogP contribution in [0.2, 0.25) is 0 Å². The first-order chi connectivity index (χ1) is 12.1. The molecule has 1 aliphatic heterocycles. The number of hydrazone groups is 1. The van der Waals surface area contributed by atoms with E-state index in [9.17, 15) is 4.79 Å². The standard InChI is InChI=1S/C19H20N2O4/c1-19(23-11-12-24-19)13-18(22)21-20-14-15-7-9-17(10-8-15)25-16-5-3-2-4-6-16/h2-10,14H,11-13H2,1H3,(H,21,22)/b20-14-. The first-order valence-electron chi connectivity index (χ1n) is 8.06. The van der Waals surface area contributed by atoms with Crippen LogP contribution < -0.4 is 10.2 Å². The average molecular weight is 340 g/mol. The predicted molar refractivity (Wildman–Crippen MR) is 93.6 cm³/mol. The van der Waals surface area contributed by atoms with Gasteiger partial charge in [0.2, 0.25) is 5.91 Å². The minimum atomic E-state index is -0.851. The van der Waals surface area contributed by atoms with Crippen LogP contribution in [-0.4, -0.2) is 31.1 Å². The summed E-state index contributed by atoms with van der Waals surface area (Å²) in [6.07, 6.45) is 1.68. The maximum Gasteiger partial charge on any atom is 0.245 e. The summed E-state index contributed by atoms with van der Waals surface area (Å²) in [6, 6.07) is 17.0. The molecule has 25 heavy (non-hydrogen) atoms. The molecule has 0 saturated carbocycles. The highest BCUT2D eigenvalue weighted by Crippen LogP contribution is 2.22. The van der Waals surface area contributed by atoms with Crippen molar-refractivity contribution in [2.45, 2.75) is 19.1 Å². The van der Waals surface area contributed by atoms with Gasteiger partial charge >= 0.3 is 0 Å². The fourth-order valence-electron chi connectivity index (χ4n) is 2.42. The number of amides is 1. The van der Waals surface area contributed by atoms with Gasteiger partial charge in [0.15, 0.2) is 5.79 Å². The zero-order valence-electron chi connectivity index (χ0n) is 14.0. The van der Waals surface area contributed by atoms with Crippen LogP contribution in [-0.2, 0) is 14.3 Å². The molecule has 1 N–H and O–H groups in total. The molecule has 0 spiro atoms. The molecule has 0 atom stereocenters. The maximum atomic E-state index is 11.8. The Hall–Kier alpha value is -2.70. The molecule has 1 fully saturated rings. The third-order valence-electron chi connectivity index (χ3n) is 3.64. The topological polar surface area (TPSA) is 69.2 Å². The van der Waals surface area contributed by atoms with Gasteiger partial charge in [-0.15, -0.1) is 0 Å². The summed E-state index contributed by atoms with van der Waals surface area (Å²) in [6.45, 7) is 2.75. The molecule has 1 aliphatic rings. The minimum Gasteiger partial charge on any atom is -0.457 e. The number of nitrogens with one attached hydrogen (secondary N) is 1. The first-order valence-corrected chi connectivity index (χ1v) is 8.06. The number of rotatable bonds is 6. The molecule has 0 unspecified atom stereocenters. The molecule has 1 saturated heterocycles. The van der Waals surface area contributed by atoms with Gasteiger partial charge in [-0.2, -0.15) is 5.10 Å². The van der Waals surface area contributed by atoms with E-state index >= 15 is 0 Å².